The highest BCUT2D eigenvalue weighted by atomic mass is 19.1. The molecule has 1 aromatic heterocycles. The molecule has 0 aromatic carbocycles. The van der Waals surface area contributed by atoms with Crippen molar-refractivity contribution in [2.24, 2.45) is 5.92 Å². The molecule has 1 atom stereocenters. The van der Waals surface area contributed by atoms with Crippen LogP contribution in [-0.2, 0) is 0 Å². The summed E-state index contributed by atoms with van der Waals surface area (Å²) in [5.74, 6) is -0.362. The Hall–Kier alpha value is -3.48. The SMILES string of the molecule is C=C(/C=C\C(=C/C)CNC(=O)c1ccnc(C)c1)NC(=O)NCC1C=CC(F)=CC1. The largest absolute Gasteiger partial charge is 0.348 e. The van der Waals surface area contributed by atoms with Gasteiger partial charge >= 0.3 is 6.03 Å². The maximum absolute atomic E-state index is 12.9. The third-order valence-electron chi connectivity index (χ3n) is 4.42. The van der Waals surface area contributed by atoms with Gasteiger partial charge in [-0.2, -0.15) is 0 Å². The van der Waals surface area contributed by atoms with Crippen molar-refractivity contribution in [1.29, 1.82) is 0 Å². The summed E-state index contributed by atoms with van der Waals surface area (Å²) in [5.41, 5.74) is 2.60. The Balaban J connectivity index is 1.74. The fourth-order valence-electron chi connectivity index (χ4n) is 2.68. The molecule has 0 saturated heterocycles. The number of nitrogens with zero attached hydrogens (tertiary/aromatic N) is 1. The van der Waals surface area contributed by atoms with Crippen molar-refractivity contribution in [2.75, 3.05) is 13.1 Å². The molecule has 30 heavy (non-hydrogen) atoms. The summed E-state index contributed by atoms with van der Waals surface area (Å²) in [6.45, 7) is 8.24. The molecule has 7 heteroatoms. The Morgan fingerprint density at radius 3 is 2.80 bits per heavy atom. The van der Waals surface area contributed by atoms with Crippen LogP contribution in [-0.4, -0.2) is 30.0 Å². The van der Waals surface area contributed by atoms with Gasteiger partial charge in [0.1, 0.15) is 5.83 Å². The molecule has 6 nitrogen and oxygen atoms in total. The molecule has 1 aromatic rings. The van der Waals surface area contributed by atoms with E-state index in [2.05, 4.69) is 27.5 Å². The minimum atomic E-state index is -0.378. The first-order valence-corrected chi connectivity index (χ1v) is 9.69. The van der Waals surface area contributed by atoms with E-state index in [4.69, 9.17) is 0 Å². The van der Waals surface area contributed by atoms with Crippen LogP contribution in [0.4, 0.5) is 9.18 Å². The van der Waals surface area contributed by atoms with Gasteiger partial charge < -0.3 is 16.0 Å². The van der Waals surface area contributed by atoms with Crippen LogP contribution >= 0.6 is 0 Å². The average Bonchev–Trinajstić information content (AvgIpc) is 2.73. The Labute approximate surface area is 176 Å². The second-order valence-electron chi connectivity index (χ2n) is 6.87. The fourth-order valence-corrected chi connectivity index (χ4v) is 2.68. The molecule has 1 aliphatic carbocycles. The Kier molecular flexibility index (Phi) is 8.75. The zero-order valence-corrected chi connectivity index (χ0v) is 17.2. The van der Waals surface area contributed by atoms with Gasteiger partial charge in [-0.25, -0.2) is 9.18 Å². The normalized spacial score (nSPS) is 16.2. The highest BCUT2D eigenvalue weighted by molar-refractivity contribution is 5.94. The van der Waals surface area contributed by atoms with Crippen LogP contribution in [0.2, 0.25) is 0 Å². The lowest BCUT2D eigenvalue weighted by atomic mass is 10.0. The van der Waals surface area contributed by atoms with Crippen LogP contribution < -0.4 is 16.0 Å². The second kappa shape index (κ2) is 11.5. The predicted octanol–water partition coefficient (Wildman–Crippen LogP) is 3.86. The molecule has 0 radical (unpaired) electrons. The lowest BCUT2D eigenvalue weighted by molar-refractivity contribution is 0.0957. The first-order valence-electron chi connectivity index (χ1n) is 9.69. The molecule has 0 spiro atoms. The Morgan fingerprint density at radius 2 is 2.13 bits per heavy atom. The Morgan fingerprint density at radius 1 is 1.33 bits per heavy atom. The van der Waals surface area contributed by atoms with Crippen molar-refractivity contribution in [1.82, 2.24) is 20.9 Å². The third-order valence-corrected chi connectivity index (χ3v) is 4.42. The molecular weight excluding hydrogens is 383 g/mol. The molecular formula is C23H27FN4O2. The van der Waals surface area contributed by atoms with Crippen LogP contribution in [0.25, 0.3) is 0 Å². The topological polar surface area (TPSA) is 83.1 Å². The summed E-state index contributed by atoms with van der Waals surface area (Å²) in [5, 5.41) is 8.22. The van der Waals surface area contributed by atoms with Gasteiger partial charge in [0, 0.05) is 36.2 Å². The van der Waals surface area contributed by atoms with Crippen molar-refractivity contribution >= 4 is 11.9 Å². The minimum Gasteiger partial charge on any atom is -0.348 e. The number of aromatic nitrogens is 1. The van der Waals surface area contributed by atoms with Crippen molar-refractivity contribution < 1.29 is 14.0 Å². The molecule has 0 fully saturated rings. The maximum Gasteiger partial charge on any atom is 0.319 e. The van der Waals surface area contributed by atoms with Crippen LogP contribution in [0.1, 0.15) is 29.4 Å². The van der Waals surface area contributed by atoms with E-state index in [1.54, 1.807) is 36.6 Å². The van der Waals surface area contributed by atoms with Crippen molar-refractivity contribution in [3.8, 4) is 0 Å². The number of pyridine rings is 1. The zero-order valence-electron chi connectivity index (χ0n) is 17.2. The van der Waals surface area contributed by atoms with Crippen molar-refractivity contribution in [2.45, 2.75) is 20.3 Å². The number of rotatable bonds is 8. The summed E-state index contributed by atoms with van der Waals surface area (Å²) >= 11 is 0. The van der Waals surface area contributed by atoms with Crippen LogP contribution in [0.3, 0.4) is 0 Å². The van der Waals surface area contributed by atoms with Gasteiger partial charge in [-0.15, -0.1) is 0 Å². The minimum absolute atomic E-state index is 0.0708. The number of halogens is 1. The van der Waals surface area contributed by atoms with E-state index >= 15 is 0 Å². The smallest absolute Gasteiger partial charge is 0.319 e. The number of carbonyl (C=O) groups is 2. The molecule has 3 amide bonds. The number of aryl methyl sites for hydroxylation is 1. The highest BCUT2D eigenvalue weighted by Crippen LogP contribution is 2.16. The van der Waals surface area contributed by atoms with E-state index in [0.29, 0.717) is 30.8 Å². The van der Waals surface area contributed by atoms with Gasteiger partial charge in [-0.1, -0.05) is 24.8 Å². The molecule has 1 aliphatic rings. The molecule has 0 saturated carbocycles. The molecule has 158 valence electrons. The number of carbonyl (C=O) groups excluding carboxylic acids is 2. The molecule has 0 aliphatic heterocycles. The number of urea groups is 1. The van der Waals surface area contributed by atoms with Gasteiger partial charge in [-0.3, -0.25) is 9.78 Å². The zero-order chi connectivity index (χ0) is 21.9. The predicted molar refractivity (Wildman–Crippen MR) is 116 cm³/mol. The first-order chi connectivity index (χ1) is 14.4. The number of nitrogens with one attached hydrogen (secondary N) is 3. The van der Waals surface area contributed by atoms with Crippen LogP contribution in [0.5, 0.6) is 0 Å². The number of hydrogen-bond donors (Lipinski definition) is 3. The molecule has 1 unspecified atom stereocenters. The van der Waals surface area contributed by atoms with Gasteiger partial charge in [0.2, 0.25) is 0 Å². The number of allylic oxidation sites excluding steroid dienone is 5. The monoisotopic (exact) mass is 410 g/mol. The standard InChI is InChI=1S/C23H27FN4O2/c1-4-18(14-26-22(29)20-11-12-25-17(3)13-20)6-5-16(2)28-23(30)27-15-19-7-9-21(24)10-8-19/h4-7,9-13,19H,2,8,14-15H2,1,3H3,(H,26,29)(H2,27,28,30)/b6-5-,18-4+. The highest BCUT2D eigenvalue weighted by Gasteiger charge is 2.10. The lowest BCUT2D eigenvalue weighted by Gasteiger charge is -2.15. The molecule has 1 heterocycles. The quantitative estimate of drug-likeness (QED) is 0.569. The van der Waals surface area contributed by atoms with E-state index in [0.717, 1.165) is 11.3 Å². The second-order valence-corrected chi connectivity index (χ2v) is 6.87. The van der Waals surface area contributed by atoms with E-state index in [1.807, 2.05) is 19.9 Å². The van der Waals surface area contributed by atoms with Crippen molar-refractivity contribution in [3.63, 3.8) is 0 Å². The third kappa shape index (κ3) is 7.87. The van der Waals surface area contributed by atoms with Gasteiger partial charge in [-0.05, 0) is 62.1 Å². The van der Waals surface area contributed by atoms with Gasteiger partial charge in [0.15, 0.2) is 0 Å². The van der Waals surface area contributed by atoms with Crippen LogP contribution in [0, 0.1) is 12.8 Å². The lowest BCUT2D eigenvalue weighted by Crippen LogP contribution is -2.37. The van der Waals surface area contributed by atoms with Gasteiger partial charge in [0.25, 0.3) is 5.91 Å². The molecule has 3 N–H and O–H groups in total. The fraction of sp³-hybridized carbons (Fsp3) is 0.261. The van der Waals surface area contributed by atoms with Crippen LogP contribution in [0.15, 0.2) is 78.5 Å². The summed E-state index contributed by atoms with van der Waals surface area (Å²) < 4.78 is 12.9. The van der Waals surface area contributed by atoms with E-state index in [9.17, 15) is 14.0 Å². The average molecular weight is 410 g/mol. The first kappa shape index (κ1) is 22.8. The maximum atomic E-state index is 12.9. The van der Waals surface area contributed by atoms with Gasteiger partial charge in [0.05, 0.1) is 0 Å². The Bertz CT molecular complexity index is 916. The van der Waals surface area contributed by atoms with Crippen molar-refractivity contribution in [3.05, 3.63) is 89.7 Å². The van der Waals surface area contributed by atoms with E-state index in [1.165, 1.54) is 12.2 Å². The molecule has 0 bridgehead atoms. The summed E-state index contributed by atoms with van der Waals surface area (Å²) in [4.78, 5) is 28.3. The van der Waals surface area contributed by atoms with E-state index < -0.39 is 0 Å². The summed E-state index contributed by atoms with van der Waals surface area (Å²) in [6, 6.07) is 3.01. The molecule has 2 rings (SSSR count). The summed E-state index contributed by atoms with van der Waals surface area (Å²) in [7, 11) is 0. The number of hydrogen-bond acceptors (Lipinski definition) is 3. The summed E-state index contributed by atoms with van der Waals surface area (Å²) in [6.07, 6.45) is 12.1. The van der Waals surface area contributed by atoms with E-state index in [-0.39, 0.29) is 23.7 Å². The number of amides is 3.